The summed E-state index contributed by atoms with van der Waals surface area (Å²) in [4.78, 5) is 0. The monoisotopic (exact) mass is 630 g/mol. The van der Waals surface area contributed by atoms with Crippen molar-refractivity contribution >= 4 is 0 Å². The first kappa shape index (κ1) is 26.6. The summed E-state index contributed by atoms with van der Waals surface area (Å²) in [6.07, 6.45) is 16.6. The second-order valence-corrected chi connectivity index (χ2v) is 11.5. The molecule has 6 rings (SSSR count). The van der Waals surface area contributed by atoms with Crippen molar-refractivity contribution in [2.45, 2.75) is 84.5 Å². The van der Waals surface area contributed by atoms with E-state index in [0.717, 1.165) is 23.7 Å². The van der Waals surface area contributed by atoms with Gasteiger partial charge in [0.05, 0.1) is 52.4 Å². The van der Waals surface area contributed by atoms with Gasteiger partial charge in [-0.15, -0.1) is 0 Å². The second kappa shape index (κ2) is 12.0. The van der Waals surface area contributed by atoms with Gasteiger partial charge in [-0.2, -0.15) is 0 Å². The number of piperidine rings is 6. The number of hydrogen-bond donors (Lipinski definition) is 0. The van der Waals surface area contributed by atoms with Crippen molar-refractivity contribution in [1.82, 2.24) is 0 Å². The fraction of sp³-hybridized carbons (Fsp3) is 1.00. The fourth-order valence-electron chi connectivity index (χ4n) is 7.70. The molecule has 0 amide bonds. The zero-order valence-corrected chi connectivity index (χ0v) is 23.7. The Morgan fingerprint density at radius 3 is 1.14 bits per heavy atom. The Hall–Kier alpha value is 1.38. The maximum atomic E-state index is 2.52. The molecule has 0 saturated carbocycles. The summed E-state index contributed by atoms with van der Waals surface area (Å²) >= 11 is 0. The van der Waals surface area contributed by atoms with Crippen LogP contribution in [0, 0.1) is 23.7 Å². The van der Waals surface area contributed by atoms with Crippen LogP contribution in [0.15, 0.2) is 0 Å². The van der Waals surface area contributed by atoms with Gasteiger partial charge in [-0.25, -0.2) is 0 Å². The van der Waals surface area contributed by atoms with E-state index in [4.69, 9.17) is 0 Å². The highest BCUT2D eigenvalue weighted by molar-refractivity contribution is 4.78. The molecule has 0 spiro atoms. The number of quaternary nitrogens is 2. The molecule has 29 heavy (non-hydrogen) atoms. The summed E-state index contributed by atoms with van der Waals surface area (Å²) in [6, 6.07) is 0. The summed E-state index contributed by atoms with van der Waals surface area (Å²) in [5, 5.41) is 0. The standard InChI is InChI=1S/C25H48N2.2HI/c1-22-20-26(16-10-24(22)11-17-26)14-8-6-4-3-5-7-9-15-27-18-12-25(13-19-27)23(2)21-27;;/h22-25H,3-21H2,1-2H3;2*1H/q+2;;/p-2. The van der Waals surface area contributed by atoms with Crippen molar-refractivity contribution in [2.24, 2.45) is 23.7 Å². The summed E-state index contributed by atoms with van der Waals surface area (Å²) in [6.45, 7) is 17.1. The van der Waals surface area contributed by atoms with Gasteiger partial charge < -0.3 is 56.9 Å². The van der Waals surface area contributed by atoms with E-state index in [1.54, 1.807) is 0 Å². The topological polar surface area (TPSA) is 0 Å². The van der Waals surface area contributed by atoms with Crippen molar-refractivity contribution in [3.05, 3.63) is 0 Å². The molecule has 6 heterocycles. The summed E-state index contributed by atoms with van der Waals surface area (Å²) in [5.41, 5.74) is 0. The van der Waals surface area contributed by atoms with Crippen molar-refractivity contribution in [3.63, 3.8) is 0 Å². The van der Waals surface area contributed by atoms with Gasteiger partial charge in [0.1, 0.15) is 0 Å². The third-order valence-electron chi connectivity index (χ3n) is 9.62. The molecule has 4 heteroatoms. The molecule has 6 fully saturated rings. The molecule has 4 bridgehead atoms. The lowest BCUT2D eigenvalue weighted by Gasteiger charge is -2.52. The molecule has 0 N–H and O–H groups in total. The van der Waals surface area contributed by atoms with Crippen molar-refractivity contribution in [3.8, 4) is 0 Å². The number of unbranched alkanes of at least 4 members (excludes halogenated alkanes) is 6. The third kappa shape index (κ3) is 6.69. The molecule has 0 aliphatic carbocycles. The van der Waals surface area contributed by atoms with Gasteiger partial charge in [-0.3, -0.25) is 0 Å². The molecule has 6 saturated heterocycles. The van der Waals surface area contributed by atoms with Crippen LogP contribution in [0.3, 0.4) is 0 Å². The maximum absolute atomic E-state index is 2.52. The van der Waals surface area contributed by atoms with E-state index >= 15 is 0 Å². The van der Waals surface area contributed by atoms with Gasteiger partial charge in [0.2, 0.25) is 0 Å². The minimum absolute atomic E-state index is 0. The fourth-order valence-corrected chi connectivity index (χ4v) is 7.70. The molecular formula is C25H48I2N2. The van der Waals surface area contributed by atoms with E-state index in [2.05, 4.69) is 13.8 Å². The van der Waals surface area contributed by atoms with Gasteiger partial charge in [0, 0.05) is 37.5 Å². The van der Waals surface area contributed by atoms with E-state index in [1.807, 2.05) is 0 Å². The largest absolute Gasteiger partial charge is 1.00 e. The van der Waals surface area contributed by atoms with Crippen LogP contribution in [-0.2, 0) is 0 Å². The highest BCUT2D eigenvalue weighted by Crippen LogP contribution is 2.38. The van der Waals surface area contributed by atoms with Crippen LogP contribution in [0.4, 0.5) is 0 Å². The molecular weight excluding hydrogens is 582 g/mol. The lowest BCUT2D eigenvalue weighted by Crippen LogP contribution is -3.00. The summed E-state index contributed by atoms with van der Waals surface area (Å²) < 4.78 is 2.99. The van der Waals surface area contributed by atoms with E-state index in [1.165, 1.54) is 132 Å². The predicted octanol–water partition coefficient (Wildman–Crippen LogP) is -0.522. The van der Waals surface area contributed by atoms with Gasteiger partial charge in [-0.05, 0) is 37.5 Å². The number of halogens is 2. The van der Waals surface area contributed by atoms with Gasteiger partial charge in [0.25, 0.3) is 0 Å². The van der Waals surface area contributed by atoms with Crippen LogP contribution in [0.5, 0.6) is 0 Å². The molecule has 2 nitrogen and oxygen atoms in total. The van der Waals surface area contributed by atoms with Crippen LogP contribution in [0.1, 0.15) is 84.5 Å². The smallest absolute Gasteiger partial charge is 0.0815 e. The highest BCUT2D eigenvalue weighted by atomic mass is 127. The minimum atomic E-state index is 0. The number of rotatable bonds is 10. The zero-order valence-electron chi connectivity index (χ0n) is 19.4. The quantitative estimate of drug-likeness (QED) is 0.173. The van der Waals surface area contributed by atoms with E-state index in [9.17, 15) is 0 Å². The predicted molar refractivity (Wildman–Crippen MR) is 116 cm³/mol. The van der Waals surface area contributed by atoms with Gasteiger partial charge >= 0.3 is 0 Å². The molecule has 0 aromatic rings. The Labute approximate surface area is 216 Å². The SMILES string of the molecule is CC1C[N+]2(CCCCCCCCC[N+]34CCC(CC3)C(C)C4)CCC1CC2.[I-].[I-]. The average Bonchev–Trinajstić information content (AvgIpc) is 2.68. The van der Waals surface area contributed by atoms with Crippen LogP contribution in [0.2, 0.25) is 0 Å². The molecule has 0 aromatic carbocycles. The molecule has 6 aliphatic rings. The zero-order chi connectivity index (χ0) is 18.7. The van der Waals surface area contributed by atoms with E-state index in [0.29, 0.717) is 0 Å². The van der Waals surface area contributed by atoms with Crippen molar-refractivity contribution in [2.75, 3.05) is 52.4 Å². The molecule has 172 valence electrons. The third-order valence-corrected chi connectivity index (χ3v) is 9.62. The Kier molecular flexibility index (Phi) is 11.0. The Morgan fingerprint density at radius 2 is 0.828 bits per heavy atom. The van der Waals surface area contributed by atoms with E-state index in [-0.39, 0.29) is 48.0 Å². The second-order valence-electron chi connectivity index (χ2n) is 11.5. The first-order chi connectivity index (χ1) is 13.1. The highest BCUT2D eigenvalue weighted by Gasteiger charge is 2.44. The molecule has 6 aliphatic heterocycles. The number of fused-ring (bicyclic) bond motifs is 6. The normalized spacial score (nSPS) is 40.3. The van der Waals surface area contributed by atoms with Crippen LogP contribution < -0.4 is 48.0 Å². The lowest BCUT2D eigenvalue weighted by molar-refractivity contribution is -0.946. The maximum Gasteiger partial charge on any atom is 0.0815 e. The van der Waals surface area contributed by atoms with Gasteiger partial charge in [0.15, 0.2) is 0 Å². The minimum Gasteiger partial charge on any atom is -1.00 e. The molecule has 2 atom stereocenters. The Bertz CT molecular complexity index is 425. The number of nitrogens with zero attached hydrogens (tertiary/aromatic N) is 2. The first-order valence-corrected chi connectivity index (χ1v) is 12.8. The van der Waals surface area contributed by atoms with Gasteiger partial charge in [-0.1, -0.05) is 33.1 Å². The summed E-state index contributed by atoms with van der Waals surface area (Å²) in [7, 11) is 0. The Balaban J connectivity index is 0.00000150. The lowest BCUT2D eigenvalue weighted by atomic mass is 9.78. The van der Waals surface area contributed by atoms with Crippen LogP contribution >= 0.6 is 0 Å². The number of hydrogen-bond acceptors (Lipinski definition) is 0. The Morgan fingerprint density at radius 1 is 0.517 bits per heavy atom. The van der Waals surface area contributed by atoms with Crippen LogP contribution in [0.25, 0.3) is 0 Å². The molecule has 0 aromatic heterocycles. The van der Waals surface area contributed by atoms with Crippen molar-refractivity contribution < 1.29 is 56.9 Å². The average molecular weight is 630 g/mol. The molecule has 0 radical (unpaired) electrons. The summed E-state index contributed by atoms with van der Waals surface area (Å²) in [5.74, 6) is 4.17. The van der Waals surface area contributed by atoms with Crippen molar-refractivity contribution in [1.29, 1.82) is 0 Å². The molecule has 2 unspecified atom stereocenters. The van der Waals surface area contributed by atoms with E-state index < -0.39 is 0 Å². The van der Waals surface area contributed by atoms with Crippen LogP contribution in [-0.4, -0.2) is 61.3 Å². The first-order valence-electron chi connectivity index (χ1n) is 12.8.